The van der Waals surface area contributed by atoms with Crippen LogP contribution in [0.25, 0.3) is 0 Å². The summed E-state index contributed by atoms with van der Waals surface area (Å²) < 4.78 is 0. The van der Waals surface area contributed by atoms with Crippen molar-refractivity contribution in [2.45, 2.75) is 58.0 Å². The van der Waals surface area contributed by atoms with Gasteiger partial charge in [0.05, 0.1) is 6.33 Å². The topological polar surface area (TPSA) is 40.7 Å². The summed E-state index contributed by atoms with van der Waals surface area (Å²) in [6.07, 6.45) is 11.9. The number of hydrogen-bond donors (Lipinski definition) is 2. The van der Waals surface area contributed by atoms with E-state index < -0.39 is 0 Å². The van der Waals surface area contributed by atoms with Crippen LogP contribution in [0.3, 0.4) is 0 Å². The number of rotatable bonds is 6. The zero-order valence-corrected chi connectivity index (χ0v) is 10.2. The van der Waals surface area contributed by atoms with E-state index in [-0.39, 0.29) is 0 Å². The molecule has 0 aromatic carbocycles. The van der Waals surface area contributed by atoms with E-state index in [1.165, 1.54) is 44.2 Å². The molecule has 90 valence electrons. The smallest absolute Gasteiger partial charge is 0.0922 e. The molecule has 1 saturated carbocycles. The molecule has 3 nitrogen and oxygen atoms in total. The number of imidazole rings is 1. The lowest BCUT2D eigenvalue weighted by Gasteiger charge is -2.20. The lowest BCUT2D eigenvalue weighted by Crippen LogP contribution is -2.32. The van der Waals surface area contributed by atoms with Crippen LogP contribution in [0.1, 0.15) is 51.1 Å². The van der Waals surface area contributed by atoms with Crippen LogP contribution in [-0.4, -0.2) is 16.0 Å². The van der Waals surface area contributed by atoms with E-state index in [0.717, 1.165) is 18.5 Å². The highest BCUT2D eigenvalue weighted by molar-refractivity contribution is 4.95. The number of nitrogens with one attached hydrogen (secondary N) is 2. The molecule has 3 heteroatoms. The lowest BCUT2D eigenvalue weighted by atomic mass is 9.97. The predicted octanol–water partition coefficient (Wildman–Crippen LogP) is 2.86. The summed E-state index contributed by atoms with van der Waals surface area (Å²) in [5, 5.41) is 3.67. The maximum Gasteiger partial charge on any atom is 0.0922 e. The first-order valence-corrected chi connectivity index (χ1v) is 6.60. The zero-order chi connectivity index (χ0) is 11.2. The molecular weight excluding hydrogens is 198 g/mol. The zero-order valence-electron chi connectivity index (χ0n) is 10.2. The summed E-state index contributed by atoms with van der Waals surface area (Å²) in [5.74, 6) is 0.905. The van der Waals surface area contributed by atoms with Gasteiger partial charge in [-0.2, -0.15) is 0 Å². The highest BCUT2D eigenvalue weighted by Crippen LogP contribution is 2.29. The van der Waals surface area contributed by atoms with E-state index in [4.69, 9.17) is 0 Å². The van der Waals surface area contributed by atoms with Gasteiger partial charge >= 0.3 is 0 Å². The Balaban J connectivity index is 1.75. The predicted molar refractivity (Wildman–Crippen MR) is 66.1 cm³/mol. The Kier molecular flexibility index (Phi) is 4.40. The van der Waals surface area contributed by atoms with Gasteiger partial charge in [-0.15, -0.1) is 0 Å². The van der Waals surface area contributed by atoms with Gasteiger partial charge in [-0.05, 0) is 25.2 Å². The van der Waals surface area contributed by atoms with Crippen molar-refractivity contribution in [3.05, 3.63) is 18.2 Å². The van der Waals surface area contributed by atoms with Crippen LogP contribution in [0.5, 0.6) is 0 Å². The first-order valence-electron chi connectivity index (χ1n) is 6.60. The fourth-order valence-electron chi connectivity index (χ4n) is 2.74. The second kappa shape index (κ2) is 6.04. The van der Waals surface area contributed by atoms with Crippen LogP contribution in [0, 0.1) is 5.92 Å². The molecule has 1 heterocycles. The average Bonchev–Trinajstić information content (AvgIpc) is 2.94. The van der Waals surface area contributed by atoms with Gasteiger partial charge in [-0.1, -0.05) is 26.2 Å². The van der Waals surface area contributed by atoms with Gasteiger partial charge in [0.15, 0.2) is 0 Å². The minimum atomic E-state index is 0.731. The summed E-state index contributed by atoms with van der Waals surface area (Å²) in [7, 11) is 0. The molecule has 16 heavy (non-hydrogen) atoms. The van der Waals surface area contributed by atoms with Gasteiger partial charge in [-0.25, -0.2) is 4.98 Å². The summed E-state index contributed by atoms with van der Waals surface area (Å²) in [5.41, 5.74) is 1.20. The second-order valence-corrected chi connectivity index (χ2v) is 4.90. The minimum Gasteiger partial charge on any atom is -0.347 e. The fourth-order valence-corrected chi connectivity index (χ4v) is 2.74. The van der Waals surface area contributed by atoms with E-state index in [2.05, 4.69) is 22.2 Å². The summed E-state index contributed by atoms with van der Waals surface area (Å²) in [4.78, 5) is 7.19. The molecule has 1 aromatic heterocycles. The number of H-pyrrole nitrogens is 1. The standard InChI is InChI=1S/C13H23N3/c1-2-3-5-11-6-4-7-13(11)15-9-12-8-14-10-16-12/h8,10-11,13,15H,2-7,9H2,1H3,(H,14,16). The van der Waals surface area contributed by atoms with Crippen molar-refractivity contribution in [2.24, 2.45) is 5.92 Å². The molecule has 1 aromatic rings. The van der Waals surface area contributed by atoms with Gasteiger partial charge in [-0.3, -0.25) is 0 Å². The Morgan fingerprint density at radius 2 is 2.44 bits per heavy atom. The molecule has 2 unspecified atom stereocenters. The van der Waals surface area contributed by atoms with Gasteiger partial charge in [0.2, 0.25) is 0 Å². The summed E-state index contributed by atoms with van der Waals surface area (Å²) >= 11 is 0. The molecule has 2 atom stereocenters. The fraction of sp³-hybridized carbons (Fsp3) is 0.769. The third-order valence-corrected chi connectivity index (χ3v) is 3.70. The Bertz CT molecular complexity index is 281. The Hall–Kier alpha value is -0.830. The molecule has 0 amide bonds. The van der Waals surface area contributed by atoms with Crippen molar-refractivity contribution in [1.82, 2.24) is 15.3 Å². The van der Waals surface area contributed by atoms with Crippen molar-refractivity contribution >= 4 is 0 Å². The first kappa shape index (κ1) is 11.6. The maximum absolute atomic E-state index is 4.04. The van der Waals surface area contributed by atoms with Gasteiger partial charge in [0.1, 0.15) is 0 Å². The highest BCUT2D eigenvalue weighted by Gasteiger charge is 2.25. The molecule has 0 bridgehead atoms. The van der Waals surface area contributed by atoms with Gasteiger partial charge in [0.25, 0.3) is 0 Å². The third-order valence-electron chi connectivity index (χ3n) is 3.70. The lowest BCUT2D eigenvalue weighted by molar-refractivity contribution is 0.367. The second-order valence-electron chi connectivity index (χ2n) is 4.90. The van der Waals surface area contributed by atoms with Crippen LogP contribution < -0.4 is 5.32 Å². The molecule has 2 rings (SSSR count). The Morgan fingerprint density at radius 3 is 3.19 bits per heavy atom. The largest absolute Gasteiger partial charge is 0.347 e. The van der Waals surface area contributed by atoms with Crippen LogP contribution in [0.2, 0.25) is 0 Å². The van der Waals surface area contributed by atoms with Gasteiger partial charge < -0.3 is 10.3 Å². The molecule has 1 aliphatic rings. The van der Waals surface area contributed by atoms with Crippen LogP contribution in [-0.2, 0) is 6.54 Å². The maximum atomic E-state index is 4.04. The van der Waals surface area contributed by atoms with E-state index in [1.54, 1.807) is 6.33 Å². The minimum absolute atomic E-state index is 0.731. The quantitative estimate of drug-likeness (QED) is 0.775. The van der Waals surface area contributed by atoms with Crippen molar-refractivity contribution in [3.63, 3.8) is 0 Å². The monoisotopic (exact) mass is 221 g/mol. The van der Waals surface area contributed by atoms with Crippen LogP contribution >= 0.6 is 0 Å². The Morgan fingerprint density at radius 1 is 1.50 bits per heavy atom. The summed E-state index contributed by atoms with van der Waals surface area (Å²) in [6.45, 7) is 3.22. The first-order chi connectivity index (χ1) is 7.90. The molecule has 0 spiro atoms. The highest BCUT2D eigenvalue weighted by atomic mass is 15.0. The number of hydrogen-bond acceptors (Lipinski definition) is 2. The third kappa shape index (κ3) is 3.08. The molecule has 1 fully saturated rings. The SMILES string of the molecule is CCCCC1CCCC1NCc1cnc[nH]1. The molecular formula is C13H23N3. The molecule has 0 aliphatic heterocycles. The average molecular weight is 221 g/mol. The van der Waals surface area contributed by atoms with E-state index in [9.17, 15) is 0 Å². The summed E-state index contributed by atoms with van der Waals surface area (Å²) in [6, 6.07) is 0.731. The van der Waals surface area contributed by atoms with Gasteiger partial charge in [0, 0.05) is 24.5 Å². The number of unbranched alkanes of at least 4 members (excludes halogenated alkanes) is 1. The number of aromatic amines is 1. The molecule has 1 aliphatic carbocycles. The van der Waals surface area contributed by atoms with Crippen molar-refractivity contribution < 1.29 is 0 Å². The van der Waals surface area contributed by atoms with Crippen LogP contribution in [0.15, 0.2) is 12.5 Å². The molecule has 2 N–H and O–H groups in total. The van der Waals surface area contributed by atoms with Crippen molar-refractivity contribution in [3.8, 4) is 0 Å². The number of aromatic nitrogens is 2. The molecule has 0 radical (unpaired) electrons. The van der Waals surface area contributed by atoms with E-state index >= 15 is 0 Å². The number of nitrogens with zero attached hydrogens (tertiary/aromatic N) is 1. The van der Waals surface area contributed by atoms with Crippen LogP contribution in [0.4, 0.5) is 0 Å². The van der Waals surface area contributed by atoms with E-state index in [0.29, 0.717) is 0 Å². The normalized spacial score (nSPS) is 25.1. The van der Waals surface area contributed by atoms with Crippen molar-refractivity contribution in [1.29, 1.82) is 0 Å². The molecule has 0 saturated heterocycles. The van der Waals surface area contributed by atoms with E-state index in [1.807, 2.05) is 6.20 Å². The Labute approximate surface area is 98.1 Å². The van der Waals surface area contributed by atoms with Crippen molar-refractivity contribution in [2.75, 3.05) is 0 Å².